The highest BCUT2D eigenvalue weighted by Gasteiger charge is 2.12. The van der Waals surface area contributed by atoms with Gasteiger partial charge in [0.1, 0.15) is 6.23 Å². The third-order valence-electron chi connectivity index (χ3n) is 2.33. The topological polar surface area (TPSA) is 12.5 Å². The molecule has 1 unspecified atom stereocenters. The van der Waals surface area contributed by atoms with E-state index in [1.807, 2.05) is 18.2 Å². The maximum Gasteiger partial charge on any atom is 0.130 e. The summed E-state index contributed by atoms with van der Waals surface area (Å²) in [7, 11) is 0. The smallest absolute Gasteiger partial charge is 0.130 e. The maximum absolute atomic E-state index is 5.77. The van der Waals surface area contributed by atoms with Gasteiger partial charge < -0.3 is 4.74 Å². The Morgan fingerprint density at radius 2 is 1.75 bits per heavy atom. The fourth-order valence-corrected chi connectivity index (χ4v) is 1.49. The van der Waals surface area contributed by atoms with Crippen LogP contribution in [0.5, 0.6) is 0 Å². The van der Waals surface area contributed by atoms with E-state index in [-0.39, 0.29) is 6.23 Å². The van der Waals surface area contributed by atoms with E-state index in [0.29, 0.717) is 0 Å². The van der Waals surface area contributed by atoms with Crippen molar-refractivity contribution in [3.63, 3.8) is 0 Å². The van der Waals surface area contributed by atoms with E-state index in [0.717, 1.165) is 26.1 Å². The van der Waals surface area contributed by atoms with Gasteiger partial charge in [0.2, 0.25) is 0 Å². The second-order valence-corrected chi connectivity index (χ2v) is 3.74. The van der Waals surface area contributed by atoms with Crippen molar-refractivity contribution in [1.82, 2.24) is 4.90 Å². The summed E-state index contributed by atoms with van der Waals surface area (Å²) in [6, 6.07) is 0. The molecule has 0 N–H and O–H groups in total. The van der Waals surface area contributed by atoms with Gasteiger partial charge in [-0.3, -0.25) is 4.90 Å². The first-order valence-electron chi connectivity index (χ1n) is 6.00. The van der Waals surface area contributed by atoms with Crippen molar-refractivity contribution in [1.29, 1.82) is 0 Å². The van der Waals surface area contributed by atoms with Gasteiger partial charge in [0.05, 0.1) is 0 Å². The fourth-order valence-electron chi connectivity index (χ4n) is 1.49. The van der Waals surface area contributed by atoms with E-state index in [1.54, 1.807) is 0 Å². The molecule has 92 valence electrons. The number of unbranched alkanes of at least 4 members (excludes halogenated alkanes) is 2. The Kier molecular flexibility index (Phi) is 10.1. The molecule has 0 spiro atoms. The quantitative estimate of drug-likeness (QED) is 0.302. The average Bonchev–Trinajstić information content (AvgIpc) is 2.29. The van der Waals surface area contributed by atoms with E-state index >= 15 is 0 Å². The third-order valence-corrected chi connectivity index (χ3v) is 2.33. The molecule has 0 aliphatic heterocycles. The van der Waals surface area contributed by atoms with Crippen LogP contribution in [0.4, 0.5) is 0 Å². The minimum atomic E-state index is -0.0344. The van der Waals surface area contributed by atoms with Crippen LogP contribution in [-0.4, -0.2) is 30.8 Å². The van der Waals surface area contributed by atoms with Crippen LogP contribution in [0.15, 0.2) is 38.0 Å². The van der Waals surface area contributed by atoms with Crippen molar-refractivity contribution in [3.8, 4) is 0 Å². The van der Waals surface area contributed by atoms with Crippen LogP contribution in [0, 0.1) is 0 Å². The van der Waals surface area contributed by atoms with Crippen LogP contribution in [0.25, 0.3) is 0 Å². The van der Waals surface area contributed by atoms with E-state index < -0.39 is 0 Å². The van der Waals surface area contributed by atoms with Gasteiger partial charge in [-0.15, -0.1) is 13.2 Å². The molecule has 0 saturated carbocycles. The summed E-state index contributed by atoms with van der Waals surface area (Å²) in [4.78, 5) is 2.14. The maximum atomic E-state index is 5.77. The number of nitrogens with zero attached hydrogens (tertiary/aromatic N) is 1. The monoisotopic (exact) mass is 223 g/mol. The summed E-state index contributed by atoms with van der Waals surface area (Å²) >= 11 is 0. The van der Waals surface area contributed by atoms with Crippen molar-refractivity contribution in [2.75, 3.05) is 19.7 Å². The summed E-state index contributed by atoms with van der Waals surface area (Å²) in [6.07, 6.45) is 9.08. The van der Waals surface area contributed by atoms with Crippen LogP contribution >= 0.6 is 0 Å². The number of ether oxygens (including phenoxy) is 1. The lowest BCUT2D eigenvalue weighted by atomic mass is 10.3. The van der Waals surface area contributed by atoms with Crippen molar-refractivity contribution in [3.05, 3.63) is 38.0 Å². The van der Waals surface area contributed by atoms with Gasteiger partial charge >= 0.3 is 0 Å². The van der Waals surface area contributed by atoms with Gasteiger partial charge in [0.25, 0.3) is 0 Å². The first-order valence-corrected chi connectivity index (χ1v) is 6.00. The lowest BCUT2D eigenvalue weighted by Gasteiger charge is -2.27. The summed E-state index contributed by atoms with van der Waals surface area (Å²) in [5.74, 6) is 0. The van der Waals surface area contributed by atoms with Gasteiger partial charge in [-0.25, -0.2) is 0 Å². The van der Waals surface area contributed by atoms with Crippen LogP contribution in [0.1, 0.15) is 26.2 Å². The number of hydrogen-bond acceptors (Lipinski definition) is 2. The van der Waals surface area contributed by atoms with Crippen LogP contribution in [-0.2, 0) is 4.74 Å². The molecule has 0 aliphatic rings. The Hall–Kier alpha value is -0.860. The zero-order chi connectivity index (χ0) is 12.2. The molecule has 0 aromatic carbocycles. The fraction of sp³-hybridized carbons (Fsp3) is 0.571. The molecule has 1 atom stereocenters. The average molecular weight is 223 g/mol. The molecular weight excluding hydrogens is 198 g/mol. The zero-order valence-corrected chi connectivity index (χ0v) is 10.5. The van der Waals surface area contributed by atoms with Crippen molar-refractivity contribution < 1.29 is 4.74 Å². The van der Waals surface area contributed by atoms with Crippen LogP contribution in [0.3, 0.4) is 0 Å². The van der Waals surface area contributed by atoms with E-state index in [9.17, 15) is 0 Å². The Morgan fingerprint density at radius 1 is 1.12 bits per heavy atom. The van der Waals surface area contributed by atoms with Gasteiger partial charge in [-0.05, 0) is 12.5 Å². The second-order valence-electron chi connectivity index (χ2n) is 3.74. The molecular formula is C14H25NO. The van der Waals surface area contributed by atoms with Crippen molar-refractivity contribution in [2.45, 2.75) is 32.4 Å². The van der Waals surface area contributed by atoms with Crippen LogP contribution in [0.2, 0.25) is 0 Å². The molecule has 0 rings (SSSR count). The number of rotatable bonds is 11. The van der Waals surface area contributed by atoms with E-state index in [4.69, 9.17) is 4.74 Å². The van der Waals surface area contributed by atoms with Crippen LogP contribution < -0.4 is 0 Å². The first kappa shape index (κ1) is 15.1. The summed E-state index contributed by atoms with van der Waals surface area (Å²) in [5.41, 5.74) is 0. The highest BCUT2D eigenvalue weighted by molar-refractivity contribution is 4.88. The SMILES string of the molecule is C=CCN(CC=C)C(C=C)OCCCCC. The van der Waals surface area contributed by atoms with Gasteiger partial charge in [-0.1, -0.05) is 38.5 Å². The summed E-state index contributed by atoms with van der Waals surface area (Å²) in [5, 5.41) is 0. The first-order chi connectivity index (χ1) is 7.79. The van der Waals surface area contributed by atoms with Gasteiger partial charge in [0.15, 0.2) is 0 Å². The normalized spacial score (nSPS) is 12.4. The largest absolute Gasteiger partial charge is 0.359 e. The lowest BCUT2D eigenvalue weighted by molar-refractivity contribution is -0.0179. The molecule has 0 amide bonds. The van der Waals surface area contributed by atoms with E-state index in [1.165, 1.54) is 12.8 Å². The highest BCUT2D eigenvalue weighted by atomic mass is 16.5. The van der Waals surface area contributed by atoms with E-state index in [2.05, 4.69) is 31.6 Å². The Labute approximate surface area is 100 Å². The highest BCUT2D eigenvalue weighted by Crippen LogP contribution is 2.05. The molecule has 0 aliphatic carbocycles. The molecule has 0 radical (unpaired) electrons. The van der Waals surface area contributed by atoms with Gasteiger partial charge in [-0.2, -0.15) is 0 Å². The molecule has 0 aromatic heterocycles. The summed E-state index contributed by atoms with van der Waals surface area (Å²) < 4.78 is 5.77. The molecule has 2 nitrogen and oxygen atoms in total. The van der Waals surface area contributed by atoms with Crippen molar-refractivity contribution >= 4 is 0 Å². The Balaban J connectivity index is 4.03. The minimum absolute atomic E-state index is 0.0344. The Bertz CT molecular complexity index is 191. The third kappa shape index (κ3) is 6.59. The predicted molar refractivity (Wildman–Crippen MR) is 71.4 cm³/mol. The number of hydrogen-bond donors (Lipinski definition) is 0. The zero-order valence-electron chi connectivity index (χ0n) is 10.5. The molecule has 0 fully saturated rings. The molecule has 0 heterocycles. The molecule has 0 bridgehead atoms. The lowest BCUT2D eigenvalue weighted by Crippen LogP contribution is -2.36. The molecule has 0 aromatic rings. The van der Waals surface area contributed by atoms with Gasteiger partial charge in [0, 0.05) is 19.7 Å². The Morgan fingerprint density at radius 3 is 2.19 bits per heavy atom. The molecule has 2 heteroatoms. The molecule has 0 saturated heterocycles. The van der Waals surface area contributed by atoms with Crippen molar-refractivity contribution in [2.24, 2.45) is 0 Å². The predicted octanol–water partition coefficient (Wildman–Crippen LogP) is 3.38. The molecule has 16 heavy (non-hydrogen) atoms. The second kappa shape index (κ2) is 10.7. The standard InChI is InChI=1S/C14H25NO/c1-5-9-10-13-16-14(8-4)15(11-6-2)12-7-3/h6-8,14H,2-5,9-13H2,1H3. The minimum Gasteiger partial charge on any atom is -0.359 e. The summed E-state index contributed by atoms with van der Waals surface area (Å²) in [6.45, 7) is 15.8.